The molecule has 2 bridgehead atoms. The lowest BCUT2D eigenvalue weighted by atomic mass is 9.83. The van der Waals surface area contributed by atoms with Crippen LogP contribution in [0.4, 0.5) is 4.79 Å². The van der Waals surface area contributed by atoms with Crippen molar-refractivity contribution < 1.29 is 19.1 Å². The molecule has 1 unspecified atom stereocenters. The fourth-order valence-corrected chi connectivity index (χ4v) is 5.11. The number of amides is 2. The summed E-state index contributed by atoms with van der Waals surface area (Å²) in [6, 6.07) is 11.4. The zero-order chi connectivity index (χ0) is 26.4. The van der Waals surface area contributed by atoms with Gasteiger partial charge in [-0.2, -0.15) is 0 Å². The van der Waals surface area contributed by atoms with Crippen molar-refractivity contribution in [1.29, 1.82) is 0 Å². The molecular weight excluding hydrogens is 468 g/mol. The van der Waals surface area contributed by atoms with Crippen molar-refractivity contribution in [2.75, 3.05) is 46.4 Å². The minimum atomic E-state index is -0.497. The molecule has 1 fully saturated rings. The predicted octanol–water partition coefficient (Wildman–Crippen LogP) is 4.46. The third-order valence-corrected chi connectivity index (χ3v) is 7.03. The van der Waals surface area contributed by atoms with E-state index in [2.05, 4.69) is 10.3 Å². The van der Waals surface area contributed by atoms with Gasteiger partial charge in [0, 0.05) is 44.0 Å². The number of nitrogens with zero attached hydrogens (tertiary/aromatic N) is 3. The summed E-state index contributed by atoms with van der Waals surface area (Å²) in [5.74, 6) is 1.41. The van der Waals surface area contributed by atoms with Crippen molar-refractivity contribution >= 4 is 12.0 Å². The van der Waals surface area contributed by atoms with Gasteiger partial charge in [0.2, 0.25) is 0 Å². The number of fused-ring (bicyclic) bond motifs is 4. The maximum absolute atomic E-state index is 13.4. The van der Waals surface area contributed by atoms with Crippen LogP contribution in [0.5, 0.6) is 5.75 Å². The summed E-state index contributed by atoms with van der Waals surface area (Å²) in [5, 5.41) is 3.59. The number of aromatic nitrogens is 1. The molecule has 2 aliphatic heterocycles. The Morgan fingerprint density at radius 1 is 1.11 bits per heavy atom. The molecule has 0 radical (unpaired) electrons. The summed E-state index contributed by atoms with van der Waals surface area (Å²) in [4.78, 5) is 34.1. The fourth-order valence-electron chi connectivity index (χ4n) is 5.11. The number of likely N-dealkylation sites (tertiary alicyclic amines) is 1. The average molecular weight is 509 g/mol. The van der Waals surface area contributed by atoms with Crippen molar-refractivity contribution in [1.82, 2.24) is 20.1 Å². The lowest BCUT2D eigenvalue weighted by Crippen LogP contribution is -2.46. The second-order valence-corrected chi connectivity index (χ2v) is 11.1. The van der Waals surface area contributed by atoms with E-state index in [0.29, 0.717) is 37.7 Å². The zero-order valence-corrected chi connectivity index (χ0v) is 22.5. The van der Waals surface area contributed by atoms with Crippen LogP contribution in [-0.4, -0.2) is 78.8 Å². The molecule has 1 N–H and O–H groups in total. The summed E-state index contributed by atoms with van der Waals surface area (Å²) in [7, 11) is 1.88. The molecule has 8 nitrogen and oxygen atoms in total. The summed E-state index contributed by atoms with van der Waals surface area (Å²) in [6.07, 6.45) is 4.17. The molecule has 2 aliphatic rings. The maximum Gasteiger partial charge on any atom is 0.410 e. The van der Waals surface area contributed by atoms with Gasteiger partial charge in [0.25, 0.3) is 5.91 Å². The van der Waals surface area contributed by atoms with Gasteiger partial charge in [0.05, 0.1) is 6.61 Å². The van der Waals surface area contributed by atoms with Crippen molar-refractivity contribution in [3.8, 4) is 17.0 Å². The fraction of sp³-hybridized carbons (Fsp3) is 0.552. The Hall–Kier alpha value is -3.13. The van der Waals surface area contributed by atoms with Crippen LogP contribution in [0.1, 0.15) is 50.4 Å². The normalized spacial score (nSPS) is 20.3. The van der Waals surface area contributed by atoms with Crippen LogP contribution in [0.15, 0.2) is 42.6 Å². The molecule has 1 aromatic heterocycles. The van der Waals surface area contributed by atoms with E-state index >= 15 is 0 Å². The minimum absolute atomic E-state index is 0.00804. The number of ether oxygens (including phenoxy) is 2. The molecule has 3 heterocycles. The Bertz CT molecular complexity index is 1080. The van der Waals surface area contributed by atoms with E-state index in [0.717, 1.165) is 49.4 Å². The third-order valence-electron chi connectivity index (χ3n) is 7.03. The first kappa shape index (κ1) is 26.9. The van der Waals surface area contributed by atoms with Gasteiger partial charge < -0.3 is 24.6 Å². The lowest BCUT2D eigenvalue weighted by Gasteiger charge is -2.38. The summed E-state index contributed by atoms with van der Waals surface area (Å²) in [5.41, 5.74) is 1.76. The first-order chi connectivity index (χ1) is 17.7. The van der Waals surface area contributed by atoms with Gasteiger partial charge in [-0.1, -0.05) is 12.1 Å². The molecule has 4 rings (SSSR count). The highest BCUT2D eigenvalue weighted by molar-refractivity contribution is 5.95. The van der Waals surface area contributed by atoms with Gasteiger partial charge in [-0.05, 0) is 89.2 Å². The standard InChI is InChI=1S/C29H40N4O4/c1-29(2,3)37-28(35)33-15-11-21(12-16-33)24-19-30-13-7-17-36-25-10-6-14-31-26(25)22-8-5-9-23(18-22)27(34)32(4)20-24/h5-6,8-10,14,18,21,24,30H,7,11-13,15-17,19-20H2,1-4H3. The summed E-state index contributed by atoms with van der Waals surface area (Å²) >= 11 is 0. The quantitative estimate of drug-likeness (QED) is 0.613. The van der Waals surface area contributed by atoms with Gasteiger partial charge >= 0.3 is 6.09 Å². The number of carbonyl (C=O) groups is 2. The smallest absolute Gasteiger partial charge is 0.410 e. The Morgan fingerprint density at radius 2 is 1.86 bits per heavy atom. The average Bonchev–Trinajstić information content (AvgIpc) is 2.88. The van der Waals surface area contributed by atoms with E-state index in [1.165, 1.54) is 0 Å². The summed E-state index contributed by atoms with van der Waals surface area (Å²) in [6.45, 7) is 9.90. The Labute approximate surface area is 220 Å². The predicted molar refractivity (Wildman–Crippen MR) is 144 cm³/mol. The maximum atomic E-state index is 13.4. The van der Waals surface area contributed by atoms with Crippen molar-refractivity contribution in [2.24, 2.45) is 11.8 Å². The number of benzene rings is 1. The van der Waals surface area contributed by atoms with Crippen LogP contribution in [0.3, 0.4) is 0 Å². The number of rotatable bonds is 1. The second kappa shape index (κ2) is 11.9. The number of piperidine rings is 1. The highest BCUT2D eigenvalue weighted by Gasteiger charge is 2.32. The van der Waals surface area contributed by atoms with Crippen LogP contribution in [0.25, 0.3) is 11.3 Å². The van der Waals surface area contributed by atoms with Crippen LogP contribution in [-0.2, 0) is 4.74 Å². The molecule has 2 aromatic rings. The van der Waals surface area contributed by atoms with Crippen LogP contribution >= 0.6 is 0 Å². The number of hydrogen-bond acceptors (Lipinski definition) is 6. The molecule has 1 atom stereocenters. The monoisotopic (exact) mass is 508 g/mol. The topological polar surface area (TPSA) is 84.0 Å². The van der Waals surface area contributed by atoms with E-state index < -0.39 is 5.60 Å². The van der Waals surface area contributed by atoms with Gasteiger partial charge in [-0.25, -0.2) is 4.79 Å². The number of hydrogen-bond donors (Lipinski definition) is 1. The van der Waals surface area contributed by atoms with E-state index in [1.807, 2.05) is 74.0 Å². The molecule has 0 saturated carbocycles. The van der Waals surface area contributed by atoms with Gasteiger partial charge in [-0.15, -0.1) is 0 Å². The van der Waals surface area contributed by atoms with Crippen molar-refractivity contribution in [2.45, 2.75) is 45.6 Å². The SMILES string of the molecule is CN1CC(C2CCN(C(=O)OC(C)(C)C)CC2)CNCCCOc2cccnc2-c2cccc(c2)C1=O. The molecule has 200 valence electrons. The number of carbonyl (C=O) groups excluding carboxylic acids is 2. The van der Waals surface area contributed by atoms with E-state index in [1.54, 1.807) is 6.20 Å². The largest absolute Gasteiger partial charge is 0.491 e. The molecule has 2 amide bonds. The second-order valence-electron chi connectivity index (χ2n) is 11.1. The molecule has 8 heteroatoms. The summed E-state index contributed by atoms with van der Waals surface area (Å²) < 4.78 is 11.6. The van der Waals surface area contributed by atoms with Crippen LogP contribution in [0.2, 0.25) is 0 Å². The zero-order valence-electron chi connectivity index (χ0n) is 22.5. The number of nitrogens with one attached hydrogen (secondary N) is 1. The molecule has 0 aliphatic carbocycles. The van der Waals surface area contributed by atoms with Crippen LogP contribution in [0, 0.1) is 11.8 Å². The Balaban J connectivity index is 1.48. The van der Waals surface area contributed by atoms with Gasteiger partial charge in [-0.3, -0.25) is 9.78 Å². The van der Waals surface area contributed by atoms with E-state index in [-0.39, 0.29) is 17.9 Å². The highest BCUT2D eigenvalue weighted by atomic mass is 16.6. The molecule has 37 heavy (non-hydrogen) atoms. The first-order valence-corrected chi connectivity index (χ1v) is 13.3. The minimum Gasteiger partial charge on any atom is -0.491 e. The van der Waals surface area contributed by atoms with E-state index in [9.17, 15) is 9.59 Å². The van der Waals surface area contributed by atoms with E-state index in [4.69, 9.17) is 9.47 Å². The Morgan fingerprint density at radius 3 is 2.62 bits per heavy atom. The Kier molecular flexibility index (Phi) is 8.69. The first-order valence-electron chi connectivity index (χ1n) is 13.3. The van der Waals surface area contributed by atoms with Crippen LogP contribution < -0.4 is 10.1 Å². The number of pyridine rings is 1. The van der Waals surface area contributed by atoms with Crippen molar-refractivity contribution in [3.63, 3.8) is 0 Å². The van der Waals surface area contributed by atoms with Crippen molar-refractivity contribution in [3.05, 3.63) is 48.2 Å². The third kappa shape index (κ3) is 7.22. The highest BCUT2D eigenvalue weighted by Crippen LogP contribution is 2.30. The van der Waals surface area contributed by atoms with Gasteiger partial charge in [0.15, 0.2) is 0 Å². The molecule has 1 aromatic carbocycles. The molecule has 1 saturated heterocycles. The molecular formula is C29H40N4O4. The lowest BCUT2D eigenvalue weighted by molar-refractivity contribution is 0.0152. The van der Waals surface area contributed by atoms with Gasteiger partial charge in [0.1, 0.15) is 17.0 Å². The molecule has 0 spiro atoms.